The average molecular weight is 404 g/mol. The van der Waals surface area contributed by atoms with Crippen molar-refractivity contribution in [2.75, 3.05) is 19.6 Å². The second-order valence-corrected chi connectivity index (χ2v) is 8.30. The number of nitrogens with zero attached hydrogens (tertiary/aromatic N) is 4. The lowest BCUT2D eigenvalue weighted by molar-refractivity contribution is 0.104. The Labute approximate surface area is 177 Å². The van der Waals surface area contributed by atoms with Crippen molar-refractivity contribution < 1.29 is 9.47 Å². The van der Waals surface area contributed by atoms with E-state index in [0.29, 0.717) is 25.2 Å². The summed E-state index contributed by atoms with van der Waals surface area (Å²) in [4.78, 5) is 13.9. The predicted molar refractivity (Wildman–Crippen MR) is 115 cm³/mol. The first-order valence-electron chi connectivity index (χ1n) is 10.8. The zero-order valence-corrected chi connectivity index (χ0v) is 17.1. The molecule has 0 radical (unpaired) electrons. The number of aromatic nitrogens is 3. The molecule has 6 nitrogen and oxygen atoms in total. The van der Waals surface area contributed by atoms with Gasteiger partial charge in [-0.15, -0.1) is 15.0 Å². The minimum absolute atomic E-state index is 0.340. The lowest BCUT2D eigenvalue weighted by atomic mass is 9.86. The molecule has 0 saturated carbocycles. The van der Waals surface area contributed by atoms with E-state index in [0.717, 1.165) is 47.1 Å². The fraction of sp³-hybridized carbons (Fsp3) is 0.375. The summed E-state index contributed by atoms with van der Waals surface area (Å²) >= 11 is 0. The molecular formula is C24H27N4O2+. The maximum Gasteiger partial charge on any atom is 0.338 e. The molecule has 3 aliphatic rings. The van der Waals surface area contributed by atoms with E-state index >= 15 is 0 Å². The van der Waals surface area contributed by atoms with Crippen LogP contribution < -0.4 is 14.0 Å². The van der Waals surface area contributed by atoms with Gasteiger partial charge in [-0.3, -0.25) is 4.48 Å². The lowest BCUT2D eigenvalue weighted by Crippen LogP contribution is -2.60. The Morgan fingerprint density at radius 1 is 0.667 bits per heavy atom. The van der Waals surface area contributed by atoms with Crippen molar-refractivity contribution in [3.05, 3.63) is 71.8 Å². The van der Waals surface area contributed by atoms with E-state index in [1.165, 1.54) is 19.3 Å². The number of fused-ring (bicyclic) bond motifs is 3. The molecule has 4 heterocycles. The Bertz CT molecular complexity index is 897. The molecule has 0 aliphatic carbocycles. The van der Waals surface area contributed by atoms with Crippen molar-refractivity contribution in [3.63, 3.8) is 0 Å². The molecule has 3 aromatic rings. The van der Waals surface area contributed by atoms with Crippen LogP contribution in [0.3, 0.4) is 0 Å². The van der Waals surface area contributed by atoms with Crippen LogP contribution in [0.1, 0.15) is 30.4 Å². The average Bonchev–Trinajstić information content (AvgIpc) is 2.84. The topological polar surface area (TPSA) is 57.1 Å². The van der Waals surface area contributed by atoms with Gasteiger partial charge in [-0.05, 0) is 17.0 Å². The van der Waals surface area contributed by atoms with Gasteiger partial charge >= 0.3 is 18.0 Å². The molecule has 3 fully saturated rings. The smallest absolute Gasteiger partial charge is 0.338 e. The van der Waals surface area contributed by atoms with Crippen LogP contribution in [0, 0.1) is 5.92 Å². The van der Waals surface area contributed by atoms with Gasteiger partial charge in [-0.1, -0.05) is 60.7 Å². The standard InChI is InChI=1S/C24H27N4O2/c1-3-7-20(8-4-1)17-29-23-25-22(28-14-11-19(12-15-28)13-16-28)26-24(27-23)30-18-21-9-5-2-6-10-21/h1-10,19H,11-18H2/q+1. The molecular weight excluding hydrogens is 376 g/mol. The summed E-state index contributed by atoms with van der Waals surface area (Å²) in [6.45, 7) is 4.11. The largest absolute Gasteiger partial charge is 0.458 e. The monoisotopic (exact) mass is 403 g/mol. The fourth-order valence-electron chi connectivity index (χ4n) is 4.47. The van der Waals surface area contributed by atoms with Crippen LogP contribution in [0.5, 0.6) is 12.0 Å². The molecule has 2 bridgehead atoms. The summed E-state index contributed by atoms with van der Waals surface area (Å²) < 4.78 is 12.8. The van der Waals surface area contributed by atoms with Crippen LogP contribution in [0.15, 0.2) is 60.7 Å². The first-order chi connectivity index (χ1) is 14.8. The lowest BCUT2D eigenvalue weighted by Gasteiger charge is -2.46. The first kappa shape index (κ1) is 19.0. The number of ether oxygens (including phenoxy) is 2. The van der Waals surface area contributed by atoms with Crippen LogP contribution >= 0.6 is 0 Å². The van der Waals surface area contributed by atoms with E-state index in [2.05, 4.69) is 4.98 Å². The molecule has 3 aliphatic heterocycles. The fourth-order valence-corrected chi connectivity index (χ4v) is 4.47. The Hall–Kier alpha value is -2.99. The SMILES string of the molecule is c1ccc(COc2nc(OCc3ccccc3)nc([N+]34CCC(CC3)CC4)n2)cc1. The highest BCUT2D eigenvalue weighted by molar-refractivity contribution is 5.31. The second-order valence-electron chi connectivity index (χ2n) is 8.30. The molecule has 0 atom stereocenters. The van der Waals surface area contributed by atoms with Crippen molar-refractivity contribution in [1.82, 2.24) is 19.4 Å². The van der Waals surface area contributed by atoms with Crippen molar-refractivity contribution in [2.24, 2.45) is 5.92 Å². The van der Waals surface area contributed by atoms with E-state index in [4.69, 9.17) is 19.4 Å². The summed E-state index contributed by atoms with van der Waals surface area (Å²) in [5, 5.41) is 0. The minimum Gasteiger partial charge on any atom is -0.458 e. The summed E-state index contributed by atoms with van der Waals surface area (Å²) in [5.74, 6) is 1.66. The van der Waals surface area contributed by atoms with Crippen molar-refractivity contribution >= 4 is 5.95 Å². The van der Waals surface area contributed by atoms with E-state index in [-0.39, 0.29) is 0 Å². The molecule has 0 unspecified atom stereocenters. The molecule has 154 valence electrons. The first-order valence-corrected chi connectivity index (χ1v) is 10.8. The third-order valence-electron chi connectivity index (χ3n) is 6.32. The van der Waals surface area contributed by atoms with Crippen molar-refractivity contribution in [2.45, 2.75) is 32.5 Å². The van der Waals surface area contributed by atoms with Crippen LogP contribution in [-0.4, -0.2) is 34.6 Å². The minimum atomic E-state index is 0.340. The van der Waals surface area contributed by atoms with E-state index in [9.17, 15) is 0 Å². The highest BCUT2D eigenvalue weighted by Gasteiger charge is 2.44. The van der Waals surface area contributed by atoms with Gasteiger partial charge in [0.25, 0.3) is 0 Å². The molecule has 1 aromatic heterocycles. The van der Waals surface area contributed by atoms with Gasteiger partial charge in [-0.2, -0.15) is 0 Å². The predicted octanol–water partition coefficient (Wildman–Crippen LogP) is 4.15. The maximum absolute atomic E-state index is 5.97. The van der Waals surface area contributed by atoms with Gasteiger partial charge in [0.15, 0.2) is 0 Å². The van der Waals surface area contributed by atoms with Gasteiger partial charge < -0.3 is 9.47 Å². The van der Waals surface area contributed by atoms with E-state index in [1.807, 2.05) is 60.7 Å². The van der Waals surface area contributed by atoms with Crippen LogP contribution in [0.2, 0.25) is 0 Å². The third-order valence-corrected chi connectivity index (χ3v) is 6.32. The summed E-state index contributed by atoms with van der Waals surface area (Å²) in [7, 11) is 0. The zero-order valence-electron chi connectivity index (χ0n) is 17.1. The molecule has 2 aromatic carbocycles. The molecule has 0 spiro atoms. The third kappa shape index (κ3) is 4.14. The second kappa shape index (κ2) is 8.40. The Morgan fingerprint density at radius 3 is 1.60 bits per heavy atom. The van der Waals surface area contributed by atoms with Gasteiger partial charge in [0.05, 0.1) is 19.6 Å². The molecule has 0 amide bonds. The molecule has 6 rings (SSSR count). The molecule has 3 saturated heterocycles. The van der Waals surface area contributed by atoms with Crippen LogP contribution in [0.4, 0.5) is 5.95 Å². The quantitative estimate of drug-likeness (QED) is 0.555. The number of hydrogen-bond donors (Lipinski definition) is 0. The normalized spacial score (nSPS) is 22.6. The van der Waals surface area contributed by atoms with Gasteiger partial charge in [0, 0.05) is 19.3 Å². The van der Waals surface area contributed by atoms with Crippen molar-refractivity contribution in [3.8, 4) is 12.0 Å². The number of quaternary nitrogens is 1. The maximum atomic E-state index is 5.97. The van der Waals surface area contributed by atoms with Crippen LogP contribution in [-0.2, 0) is 13.2 Å². The Kier molecular flexibility index (Phi) is 5.32. The van der Waals surface area contributed by atoms with Gasteiger partial charge in [0.2, 0.25) is 0 Å². The van der Waals surface area contributed by atoms with E-state index < -0.39 is 0 Å². The summed E-state index contributed by atoms with van der Waals surface area (Å²) in [5.41, 5.74) is 2.16. The Morgan fingerprint density at radius 2 is 1.13 bits per heavy atom. The summed E-state index contributed by atoms with van der Waals surface area (Å²) in [6, 6.07) is 20.8. The summed E-state index contributed by atoms with van der Waals surface area (Å²) in [6.07, 6.45) is 3.73. The van der Waals surface area contributed by atoms with Crippen molar-refractivity contribution in [1.29, 1.82) is 0 Å². The Balaban J connectivity index is 1.40. The number of benzene rings is 2. The van der Waals surface area contributed by atoms with Gasteiger partial charge in [0.1, 0.15) is 13.2 Å². The molecule has 0 N–H and O–H groups in total. The van der Waals surface area contributed by atoms with Crippen LogP contribution in [0.25, 0.3) is 0 Å². The highest BCUT2D eigenvalue weighted by Crippen LogP contribution is 2.37. The molecule has 30 heavy (non-hydrogen) atoms. The molecule has 6 heteroatoms. The number of piperidine rings is 3. The van der Waals surface area contributed by atoms with Gasteiger partial charge in [-0.25, -0.2) is 0 Å². The zero-order chi connectivity index (χ0) is 20.2. The van der Waals surface area contributed by atoms with E-state index in [1.54, 1.807) is 0 Å². The number of rotatable bonds is 7. The number of hydrogen-bond acceptors (Lipinski definition) is 5. The highest BCUT2D eigenvalue weighted by atomic mass is 16.5.